The Morgan fingerprint density at radius 3 is 2.20 bits per heavy atom. The monoisotopic (exact) mass is 426 g/mol. The van der Waals surface area contributed by atoms with Gasteiger partial charge in [-0.1, -0.05) is 35.9 Å². The topological polar surface area (TPSA) is 62.4 Å². The number of halogens is 1. The zero-order chi connectivity index (χ0) is 22.0. The first-order valence-corrected chi connectivity index (χ1v) is 10.4. The van der Waals surface area contributed by atoms with Crippen molar-refractivity contribution in [3.63, 3.8) is 0 Å². The minimum atomic E-state index is -0.475. The summed E-state index contributed by atoms with van der Waals surface area (Å²) in [5.74, 6) is -0.00828. The first-order chi connectivity index (χ1) is 14.2. The Bertz CT molecular complexity index is 1160. The Morgan fingerprint density at radius 2 is 1.63 bits per heavy atom. The molecular weight excluding hydrogens is 400 g/mol. The molecule has 0 atom stereocenters. The van der Waals surface area contributed by atoms with Crippen LogP contribution in [0.1, 0.15) is 33.3 Å². The Labute approximate surface area is 181 Å². The number of nitrogens with one attached hydrogen (secondary N) is 1. The highest BCUT2D eigenvalue weighted by molar-refractivity contribution is 6.31. The van der Waals surface area contributed by atoms with E-state index in [-0.39, 0.29) is 16.7 Å². The molecule has 0 fully saturated rings. The zero-order valence-corrected chi connectivity index (χ0v) is 18.7. The normalized spacial score (nSPS) is 11.6. The molecule has 0 saturated heterocycles. The molecule has 1 aromatic heterocycles. The van der Waals surface area contributed by atoms with Crippen molar-refractivity contribution >= 4 is 22.5 Å². The lowest BCUT2D eigenvalue weighted by Crippen LogP contribution is -2.36. The van der Waals surface area contributed by atoms with Crippen molar-refractivity contribution in [1.29, 1.82) is 0 Å². The van der Waals surface area contributed by atoms with Crippen LogP contribution in [0.3, 0.4) is 0 Å². The molecule has 0 aliphatic carbocycles. The summed E-state index contributed by atoms with van der Waals surface area (Å²) in [6.07, 6.45) is 0. The number of aromatic amines is 1. The highest BCUT2D eigenvalue weighted by Gasteiger charge is 2.17. The molecule has 5 nitrogen and oxygen atoms in total. The SMILES string of the molecule is COc1c(-c2ccc(CN(C(C)C)C(C)C)cc2)c(=O)c2ccc(Cl)cc2[nH]c1=O. The van der Waals surface area contributed by atoms with Crippen molar-refractivity contribution in [1.82, 2.24) is 9.88 Å². The van der Waals surface area contributed by atoms with Gasteiger partial charge in [0.2, 0.25) is 0 Å². The lowest BCUT2D eigenvalue weighted by molar-refractivity contribution is 0.166. The number of hydrogen-bond acceptors (Lipinski definition) is 4. The average molecular weight is 427 g/mol. The van der Waals surface area contributed by atoms with Gasteiger partial charge in [0.15, 0.2) is 11.2 Å². The number of methoxy groups -OCH3 is 1. The number of nitrogens with zero attached hydrogens (tertiary/aromatic N) is 1. The highest BCUT2D eigenvalue weighted by Crippen LogP contribution is 2.26. The van der Waals surface area contributed by atoms with E-state index in [0.717, 1.165) is 12.1 Å². The third-order valence-corrected chi connectivity index (χ3v) is 5.51. The highest BCUT2D eigenvalue weighted by atomic mass is 35.5. The summed E-state index contributed by atoms with van der Waals surface area (Å²) in [6.45, 7) is 9.52. The van der Waals surface area contributed by atoms with Gasteiger partial charge in [-0.05, 0) is 57.0 Å². The fraction of sp³-hybridized carbons (Fsp3) is 0.333. The number of aromatic nitrogens is 1. The van der Waals surface area contributed by atoms with Crippen LogP contribution in [0.15, 0.2) is 52.1 Å². The largest absolute Gasteiger partial charge is 0.491 e. The van der Waals surface area contributed by atoms with Gasteiger partial charge in [-0.2, -0.15) is 0 Å². The second kappa shape index (κ2) is 9.02. The van der Waals surface area contributed by atoms with Crippen molar-refractivity contribution in [3.8, 4) is 16.9 Å². The fourth-order valence-corrected chi connectivity index (χ4v) is 3.93. The van der Waals surface area contributed by atoms with Gasteiger partial charge in [0.1, 0.15) is 0 Å². The smallest absolute Gasteiger partial charge is 0.291 e. The van der Waals surface area contributed by atoms with E-state index in [2.05, 4.69) is 37.6 Å². The maximum Gasteiger partial charge on any atom is 0.291 e. The minimum absolute atomic E-state index is 0.00828. The molecule has 3 aromatic rings. The van der Waals surface area contributed by atoms with Crippen LogP contribution in [0.2, 0.25) is 5.02 Å². The maximum atomic E-state index is 13.3. The van der Waals surface area contributed by atoms with Gasteiger partial charge in [-0.15, -0.1) is 0 Å². The second-order valence-corrected chi connectivity index (χ2v) is 8.37. The lowest BCUT2D eigenvalue weighted by Gasteiger charge is -2.30. The van der Waals surface area contributed by atoms with Gasteiger partial charge in [-0.25, -0.2) is 0 Å². The molecule has 0 aliphatic rings. The Morgan fingerprint density at radius 1 is 1.00 bits per heavy atom. The molecule has 0 amide bonds. The van der Waals surface area contributed by atoms with E-state index in [0.29, 0.717) is 33.6 Å². The third kappa shape index (κ3) is 4.42. The molecule has 0 saturated carbocycles. The van der Waals surface area contributed by atoms with E-state index >= 15 is 0 Å². The van der Waals surface area contributed by atoms with Crippen LogP contribution in [0.5, 0.6) is 5.75 Å². The first kappa shape index (κ1) is 22.1. The van der Waals surface area contributed by atoms with E-state index in [1.807, 2.05) is 24.3 Å². The summed E-state index contributed by atoms with van der Waals surface area (Å²) in [5, 5.41) is 0.818. The molecular formula is C24H27ClN2O3. The van der Waals surface area contributed by atoms with Gasteiger partial charge >= 0.3 is 0 Å². The van der Waals surface area contributed by atoms with Crippen LogP contribution in [-0.2, 0) is 6.54 Å². The zero-order valence-electron chi connectivity index (χ0n) is 18.0. The molecule has 0 bridgehead atoms. The second-order valence-electron chi connectivity index (χ2n) is 7.94. The van der Waals surface area contributed by atoms with Crippen molar-refractivity contribution < 1.29 is 4.74 Å². The van der Waals surface area contributed by atoms with Gasteiger partial charge in [0.05, 0.1) is 18.2 Å². The summed E-state index contributed by atoms with van der Waals surface area (Å²) in [6, 6.07) is 13.4. The van der Waals surface area contributed by atoms with Crippen molar-refractivity contribution in [3.05, 3.63) is 73.6 Å². The number of hydrogen-bond donors (Lipinski definition) is 1. The Kier molecular flexibility index (Phi) is 6.64. The maximum absolute atomic E-state index is 13.3. The third-order valence-electron chi connectivity index (χ3n) is 5.27. The van der Waals surface area contributed by atoms with Gasteiger partial charge in [-0.3, -0.25) is 14.5 Å². The quantitative estimate of drug-likeness (QED) is 0.612. The van der Waals surface area contributed by atoms with E-state index in [1.165, 1.54) is 7.11 Å². The number of H-pyrrole nitrogens is 1. The predicted molar refractivity (Wildman–Crippen MR) is 124 cm³/mol. The average Bonchev–Trinajstić information content (AvgIpc) is 2.79. The van der Waals surface area contributed by atoms with E-state index in [9.17, 15) is 9.59 Å². The number of rotatable bonds is 6. The lowest BCUT2D eigenvalue weighted by atomic mass is 10.0. The van der Waals surface area contributed by atoms with Crippen LogP contribution in [-0.4, -0.2) is 29.1 Å². The summed E-state index contributed by atoms with van der Waals surface area (Å²) < 4.78 is 5.35. The van der Waals surface area contributed by atoms with Gasteiger partial charge < -0.3 is 9.72 Å². The summed E-state index contributed by atoms with van der Waals surface area (Å²) in [5.41, 5.74) is 1.64. The van der Waals surface area contributed by atoms with Crippen LogP contribution in [0, 0.1) is 0 Å². The minimum Gasteiger partial charge on any atom is -0.491 e. The molecule has 0 aliphatic heterocycles. The van der Waals surface area contributed by atoms with Crippen LogP contribution < -0.4 is 15.7 Å². The Balaban J connectivity index is 2.15. The molecule has 0 unspecified atom stereocenters. The van der Waals surface area contributed by atoms with Crippen LogP contribution in [0.25, 0.3) is 22.0 Å². The summed E-state index contributed by atoms with van der Waals surface area (Å²) >= 11 is 6.04. The molecule has 30 heavy (non-hydrogen) atoms. The molecule has 0 spiro atoms. The van der Waals surface area contributed by atoms with Crippen molar-refractivity contribution in [2.24, 2.45) is 0 Å². The van der Waals surface area contributed by atoms with Crippen LogP contribution >= 0.6 is 11.6 Å². The van der Waals surface area contributed by atoms with Crippen molar-refractivity contribution in [2.75, 3.05) is 7.11 Å². The molecule has 2 aromatic carbocycles. The molecule has 0 radical (unpaired) electrons. The van der Waals surface area contributed by atoms with E-state index < -0.39 is 5.56 Å². The Hall–Kier alpha value is -2.63. The molecule has 1 heterocycles. The number of fused-ring (bicyclic) bond motifs is 1. The van der Waals surface area contributed by atoms with Crippen LogP contribution in [0.4, 0.5) is 0 Å². The fourth-order valence-electron chi connectivity index (χ4n) is 3.75. The van der Waals surface area contributed by atoms with E-state index in [1.54, 1.807) is 18.2 Å². The molecule has 6 heteroatoms. The summed E-state index contributed by atoms with van der Waals surface area (Å²) in [7, 11) is 1.39. The molecule has 1 N–H and O–H groups in total. The number of ether oxygens (including phenoxy) is 1. The number of benzene rings is 2. The predicted octanol–water partition coefficient (Wildman–Crippen LogP) is 4.84. The van der Waals surface area contributed by atoms with E-state index in [4.69, 9.17) is 16.3 Å². The summed E-state index contributed by atoms with van der Waals surface area (Å²) in [4.78, 5) is 31.1. The van der Waals surface area contributed by atoms with Crippen molar-refractivity contribution in [2.45, 2.75) is 46.3 Å². The molecule has 158 valence electrons. The van der Waals surface area contributed by atoms with Gasteiger partial charge in [0.25, 0.3) is 5.56 Å². The standard InChI is InChI=1S/C24H27ClN2O3/c1-14(2)27(15(3)4)13-16-6-8-17(9-7-16)21-22(28)19-11-10-18(25)12-20(19)26-24(29)23(21)30-5/h6-12,14-15H,13H2,1-5H3,(H,26,29). The first-order valence-electron chi connectivity index (χ1n) is 10.0. The molecule has 3 rings (SSSR count). The van der Waals surface area contributed by atoms with Gasteiger partial charge in [0, 0.05) is 29.0 Å².